The molecule has 0 bridgehead atoms. The average Bonchev–Trinajstić information content (AvgIpc) is 2.87. The van der Waals surface area contributed by atoms with Crippen LogP contribution in [-0.2, 0) is 9.47 Å². The molecule has 1 aromatic rings. The number of nitrogens with zero attached hydrogens (tertiary/aromatic N) is 2. The van der Waals surface area contributed by atoms with Crippen molar-refractivity contribution in [3.63, 3.8) is 0 Å². The van der Waals surface area contributed by atoms with Crippen LogP contribution in [0.2, 0.25) is 0 Å². The Kier molecular flexibility index (Phi) is 2.78. The smallest absolute Gasteiger partial charge is 0.419 e. The van der Waals surface area contributed by atoms with Gasteiger partial charge in [0.05, 0.1) is 6.10 Å². The zero-order chi connectivity index (χ0) is 9.80. The third-order valence-corrected chi connectivity index (χ3v) is 2.13. The van der Waals surface area contributed by atoms with Gasteiger partial charge in [-0.1, -0.05) is 0 Å². The van der Waals surface area contributed by atoms with Crippen LogP contribution in [0, 0.1) is 0 Å². The van der Waals surface area contributed by atoms with Gasteiger partial charge in [0.25, 0.3) is 0 Å². The molecule has 2 rings (SSSR count). The first-order valence-corrected chi connectivity index (χ1v) is 4.63. The van der Waals surface area contributed by atoms with Gasteiger partial charge >= 0.3 is 6.09 Å². The zero-order valence-corrected chi connectivity index (χ0v) is 7.76. The molecule has 2 heterocycles. The highest BCUT2D eigenvalue weighted by Gasteiger charge is 2.17. The van der Waals surface area contributed by atoms with Gasteiger partial charge in [-0.3, -0.25) is 0 Å². The van der Waals surface area contributed by atoms with E-state index in [0.717, 1.165) is 19.4 Å². The lowest BCUT2D eigenvalue weighted by atomic mass is 10.2. The van der Waals surface area contributed by atoms with Gasteiger partial charge in [0.1, 0.15) is 12.9 Å². The van der Waals surface area contributed by atoms with E-state index >= 15 is 0 Å². The fourth-order valence-corrected chi connectivity index (χ4v) is 1.38. The molecule has 0 spiro atoms. The molecule has 1 aliphatic rings. The quantitative estimate of drug-likeness (QED) is 0.709. The molecular formula is C9H12N2O3. The summed E-state index contributed by atoms with van der Waals surface area (Å²) < 4.78 is 11.6. The van der Waals surface area contributed by atoms with Crippen molar-refractivity contribution in [2.24, 2.45) is 0 Å². The van der Waals surface area contributed by atoms with E-state index < -0.39 is 6.09 Å². The molecule has 0 saturated carbocycles. The molecule has 76 valence electrons. The monoisotopic (exact) mass is 196 g/mol. The number of rotatable bonds is 2. The standard InChI is InChI=1S/C9H12N2O3/c12-9(11-4-3-10-7-11)14-6-8-2-1-5-13-8/h3-4,7-8H,1-2,5-6H2/t8-/m1/s1. The summed E-state index contributed by atoms with van der Waals surface area (Å²) >= 11 is 0. The zero-order valence-electron chi connectivity index (χ0n) is 7.76. The molecule has 0 radical (unpaired) electrons. The summed E-state index contributed by atoms with van der Waals surface area (Å²) in [6.45, 7) is 1.10. The minimum absolute atomic E-state index is 0.0717. The van der Waals surface area contributed by atoms with Crippen LogP contribution in [0.4, 0.5) is 4.79 Å². The van der Waals surface area contributed by atoms with Gasteiger partial charge in [-0.25, -0.2) is 14.3 Å². The first-order chi connectivity index (χ1) is 6.86. The molecule has 1 aromatic heterocycles. The van der Waals surface area contributed by atoms with Crippen LogP contribution in [-0.4, -0.2) is 35.0 Å². The van der Waals surface area contributed by atoms with E-state index in [-0.39, 0.29) is 6.10 Å². The molecule has 1 atom stereocenters. The van der Waals surface area contributed by atoms with Gasteiger partial charge in [0, 0.05) is 19.0 Å². The topological polar surface area (TPSA) is 53.4 Å². The van der Waals surface area contributed by atoms with E-state index in [1.54, 1.807) is 6.20 Å². The number of carbonyl (C=O) groups is 1. The lowest BCUT2D eigenvalue weighted by Crippen LogP contribution is -2.20. The van der Waals surface area contributed by atoms with Crippen molar-refractivity contribution in [2.75, 3.05) is 13.2 Å². The third kappa shape index (κ3) is 2.11. The van der Waals surface area contributed by atoms with E-state index in [1.807, 2.05) is 0 Å². The summed E-state index contributed by atoms with van der Waals surface area (Å²) in [7, 11) is 0. The summed E-state index contributed by atoms with van der Waals surface area (Å²) in [5, 5.41) is 0. The largest absolute Gasteiger partial charge is 0.446 e. The maximum Gasteiger partial charge on any atom is 0.419 e. The maximum absolute atomic E-state index is 11.3. The van der Waals surface area contributed by atoms with Crippen LogP contribution in [0.15, 0.2) is 18.7 Å². The second-order valence-corrected chi connectivity index (χ2v) is 3.18. The first kappa shape index (κ1) is 9.21. The second-order valence-electron chi connectivity index (χ2n) is 3.18. The fourth-order valence-electron chi connectivity index (χ4n) is 1.38. The van der Waals surface area contributed by atoms with Crippen LogP contribution in [0.1, 0.15) is 12.8 Å². The van der Waals surface area contributed by atoms with Gasteiger partial charge < -0.3 is 9.47 Å². The Hall–Kier alpha value is -1.36. The van der Waals surface area contributed by atoms with Crippen LogP contribution in [0.25, 0.3) is 0 Å². The van der Waals surface area contributed by atoms with E-state index in [0.29, 0.717) is 6.61 Å². The molecule has 1 saturated heterocycles. The summed E-state index contributed by atoms with van der Waals surface area (Å²) in [4.78, 5) is 15.1. The Morgan fingerprint density at radius 1 is 1.71 bits per heavy atom. The van der Waals surface area contributed by atoms with Gasteiger partial charge in [-0.15, -0.1) is 0 Å². The molecule has 0 aromatic carbocycles. The number of aromatic nitrogens is 2. The average molecular weight is 196 g/mol. The van der Waals surface area contributed by atoms with Crippen molar-refractivity contribution in [3.8, 4) is 0 Å². The van der Waals surface area contributed by atoms with Crippen molar-refractivity contribution >= 4 is 6.09 Å². The van der Waals surface area contributed by atoms with Crippen molar-refractivity contribution in [3.05, 3.63) is 18.7 Å². The van der Waals surface area contributed by atoms with Crippen LogP contribution in [0.3, 0.4) is 0 Å². The lowest BCUT2D eigenvalue weighted by molar-refractivity contribution is 0.0443. The van der Waals surface area contributed by atoms with E-state index in [1.165, 1.54) is 17.1 Å². The minimum Gasteiger partial charge on any atom is -0.446 e. The van der Waals surface area contributed by atoms with Gasteiger partial charge in [0.2, 0.25) is 0 Å². The molecular weight excluding hydrogens is 184 g/mol. The summed E-state index contributed by atoms with van der Waals surface area (Å²) in [6.07, 6.45) is 6.19. The Balaban J connectivity index is 1.78. The highest BCUT2D eigenvalue weighted by molar-refractivity contribution is 5.69. The number of imidazole rings is 1. The predicted molar refractivity (Wildman–Crippen MR) is 47.9 cm³/mol. The summed E-state index contributed by atoms with van der Waals surface area (Å²) in [5.41, 5.74) is 0. The van der Waals surface area contributed by atoms with Crippen LogP contribution in [0.5, 0.6) is 0 Å². The molecule has 1 fully saturated rings. The minimum atomic E-state index is -0.405. The van der Waals surface area contributed by atoms with Crippen molar-refractivity contribution < 1.29 is 14.3 Å². The van der Waals surface area contributed by atoms with E-state index in [2.05, 4.69) is 4.98 Å². The van der Waals surface area contributed by atoms with Crippen LogP contribution >= 0.6 is 0 Å². The Morgan fingerprint density at radius 3 is 3.29 bits per heavy atom. The molecule has 5 heteroatoms. The SMILES string of the molecule is O=C(OC[C@H]1CCCO1)n1ccnc1. The fraction of sp³-hybridized carbons (Fsp3) is 0.556. The highest BCUT2D eigenvalue weighted by atomic mass is 16.6. The number of hydrogen-bond acceptors (Lipinski definition) is 4. The Labute approximate surface area is 81.6 Å². The number of carbonyl (C=O) groups excluding carboxylic acids is 1. The summed E-state index contributed by atoms with van der Waals surface area (Å²) in [6, 6.07) is 0. The molecule has 0 N–H and O–H groups in total. The van der Waals surface area contributed by atoms with E-state index in [4.69, 9.17) is 9.47 Å². The molecule has 0 aliphatic carbocycles. The maximum atomic E-state index is 11.3. The Morgan fingerprint density at radius 2 is 2.64 bits per heavy atom. The van der Waals surface area contributed by atoms with Gasteiger partial charge in [-0.2, -0.15) is 0 Å². The van der Waals surface area contributed by atoms with Crippen molar-refractivity contribution in [1.82, 2.24) is 9.55 Å². The molecule has 0 amide bonds. The molecule has 0 unspecified atom stereocenters. The normalized spacial score (nSPS) is 21.0. The number of ether oxygens (including phenoxy) is 2. The van der Waals surface area contributed by atoms with Crippen LogP contribution < -0.4 is 0 Å². The predicted octanol–water partition coefficient (Wildman–Crippen LogP) is 1.05. The van der Waals surface area contributed by atoms with Crippen molar-refractivity contribution in [1.29, 1.82) is 0 Å². The first-order valence-electron chi connectivity index (χ1n) is 4.63. The molecule has 14 heavy (non-hydrogen) atoms. The molecule has 5 nitrogen and oxygen atoms in total. The van der Waals surface area contributed by atoms with E-state index in [9.17, 15) is 4.79 Å². The Bertz CT molecular complexity index is 291. The lowest BCUT2D eigenvalue weighted by Gasteiger charge is -2.09. The second kappa shape index (κ2) is 4.23. The molecule has 1 aliphatic heterocycles. The highest BCUT2D eigenvalue weighted by Crippen LogP contribution is 2.12. The van der Waals surface area contributed by atoms with Gasteiger partial charge in [0.15, 0.2) is 0 Å². The van der Waals surface area contributed by atoms with Gasteiger partial charge in [-0.05, 0) is 12.8 Å². The third-order valence-electron chi connectivity index (χ3n) is 2.13. The van der Waals surface area contributed by atoms with Crippen molar-refractivity contribution in [2.45, 2.75) is 18.9 Å². The number of hydrogen-bond donors (Lipinski definition) is 0. The summed E-state index contributed by atoms with van der Waals surface area (Å²) in [5.74, 6) is 0.